The van der Waals surface area contributed by atoms with Crippen molar-refractivity contribution in [3.05, 3.63) is 59.7 Å². The summed E-state index contributed by atoms with van der Waals surface area (Å²) in [5, 5.41) is 17.4. The highest BCUT2D eigenvalue weighted by molar-refractivity contribution is 5.96. The summed E-state index contributed by atoms with van der Waals surface area (Å²) < 4.78 is 0. The van der Waals surface area contributed by atoms with E-state index in [1.165, 1.54) is 25.1 Å². The molecule has 0 saturated heterocycles. The van der Waals surface area contributed by atoms with Crippen LogP contribution in [0.4, 0.5) is 0 Å². The monoisotopic (exact) mass is 274 g/mol. The molecule has 104 valence electrons. The molecule has 2 rings (SSSR count). The van der Waals surface area contributed by atoms with Gasteiger partial charge in [0, 0.05) is 12.4 Å². The van der Waals surface area contributed by atoms with Crippen LogP contribution in [-0.2, 0) is 0 Å². The first-order valence-electron chi connectivity index (χ1n) is 5.65. The Kier molecular flexibility index (Phi) is 5.22. The summed E-state index contributed by atoms with van der Waals surface area (Å²) in [5.41, 5.74) is 0.335. The number of hydrogen-bond donors (Lipinski definition) is 3. The first-order chi connectivity index (χ1) is 9.47. The average molecular weight is 274 g/mol. The average Bonchev–Trinajstić information content (AvgIpc) is 2.92. The van der Waals surface area contributed by atoms with Crippen molar-refractivity contribution in [1.29, 1.82) is 0 Å². The van der Waals surface area contributed by atoms with E-state index in [-0.39, 0.29) is 16.7 Å². The van der Waals surface area contributed by atoms with Gasteiger partial charge < -0.3 is 15.2 Å². The minimum atomic E-state index is -1.11. The molecule has 1 heterocycles. The Balaban J connectivity index is 0.000000240. The van der Waals surface area contributed by atoms with Crippen molar-refractivity contribution in [3.8, 4) is 0 Å². The molecule has 0 bridgehead atoms. The molecule has 20 heavy (non-hydrogen) atoms. The molecule has 3 N–H and O–H groups in total. The Bertz CT molecular complexity index is 586. The molecule has 0 aliphatic heterocycles. The Labute approximate surface area is 115 Å². The zero-order valence-electron chi connectivity index (χ0n) is 10.8. The molecule has 0 radical (unpaired) electrons. The van der Waals surface area contributed by atoms with Crippen molar-refractivity contribution in [3.63, 3.8) is 0 Å². The van der Waals surface area contributed by atoms with Crippen LogP contribution in [0.5, 0.6) is 0 Å². The maximum atomic E-state index is 10.6. The molecule has 0 unspecified atom stereocenters. The first kappa shape index (κ1) is 15.2. The standard InChI is InChI=1S/C9H8O4.C5H6N2/c1-5-6(8(10)11)3-2-4-7(5)9(12)13;1-2-5-6-3-4-7-5/h2-4H,1H3,(H,10,11)(H,12,13);2-4H,1H2,(H,6,7). The van der Waals surface area contributed by atoms with Crippen molar-refractivity contribution in [2.45, 2.75) is 6.92 Å². The molecule has 6 heteroatoms. The molecule has 2 aromatic rings. The van der Waals surface area contributed by atoms with Crippen LogP contribution in [0.3, 0.4) is 0 Å². The summed E-state index contributed by atoms with van der Waals surface area (Å²) in [6, 6.07) is 4.17. The third-order valence-corrected chi connectivity index (χ3v) is 2.51. The maximum absolute atomic E-state index is 10.6. The molecule has 0 spiro atoms. The van der Waals surface area contributed by atoms with Crippen molar-refractivity contribution in [2.75, 3.05) is 0 Å². The topological polar surface area (TPSA) is 103 Å². The Morgan fingerprint density at radius 3 is 2.10 bits per heavy atom. The Morgan fingerprint density at radius 1 is 1.25 bits per heavy atom. The van der Waals surface area contributed by atoms with Crippen LogP contribution in [0.2, 0.25) is 0 Å². The zero-order valence-corrected chi connectivity index (χ0v) is 10.8. The molecule has 0 aliphatic rings. The number of aromatic amines is 1. The number of aromatic carboxylic acids is 2. The van der Waals surface area contributed by atoms with Gasteiger partial charge in [0.2, 0.25) is 0 Å². The van der Waals surface area contributed by atoms with Crippen molar-refractivity contribution in [1.82, 2.24) is 9.97 Å². The van der Waals surface area contributed by atoms with E-state index in [0.717, 1.165) is 5.82 Å². The highest BCUT2D eigenvalue weighted by Gasteiger charge is 2.13. The lowest BCUT2D eigenvalue weighted by atomic mass is 10.0. The fraction of sp³-hybridized carbons (Fsp3) is 0.0714. The number of carboxylic acids is 2. The lowest BCUT2D eigenvalue weighted by molar-refractivity contribution is 0.0696. The molecular formula is C14H14N2O4. The molecule has 1 aromatic carbocycles. The van der Waals surface area contributed by atoms with Crippen LogP contribution in [0.1, 0.15) is 32.1 Å². The summed E-state index contributed by atoms with van der Waals surface area (Å²) >= 11 is 0. The summed E-state index contributed by atoms with van der Waals surface area (Å²) in [6.45, 7) is 4.99. The van der Waals surface area contributed by atoms with Crippen molar-refractivity contribution < 1.29 is 19.8 Å². The predicted molar refractivity (Wildman–Crippen MR) is 73.8 cm³/mol. The Morgan fingerprint density at radius 2 is 1.80 bits per heavy atom. The number of aromatic nitrogens is 2. The second-order valence-electron chi connectivity index (χ2n) is 3.77. The van der Waals surface area contributed by atoms with Gasteiger partial charge >= 0.3 is 11.9 Å². The quantitative estimate of drug-likeness (QED) is 0.797. The summed E-state index contributed by atoms with van der Waals surface area (Å²) in [7, 11) is 0. The predicted octanol–water partition coefficient (Wildman–Crippen LogP) is 2.44. The summed E-state index contributed by atoms with van der Waals surface area (Å²) in [6.07, 6.45) is 5.12. The maximum Gasteiger partial charge on any atom is 0.335 e. The van der Waals surface area contributed by atoms with E-state index in [0.29, 0.717) is 0 Å². The molecule has 0 aliphatic carbocycles. The second kappa shape index (κ2) is 6.89. The van der Waals surface area contributed by atoms with Crippen molar-refractivity contribution >= 4 is 18.0 Å². The van der Waals surface area contributed by atoms with Crippen LogP contribution >= 0.6 is 0 Å². The highest BCUT2D eigenvalue weighted by Crippen LogP contribution is 2.13. The van der Waals surface area contributed by atoms with E-state index in [1.807, 2.05) is 0 Å². The largest absolute Gasteiger partial charge is 0.478 e. The van der Waals surface area contributed by atoms with Gasteiger partial charge in [0.1, 0.15) is 5.82 Å². The number of hydrogen-bond acceptors (Lipinski definition) is 3. The van der Waals surface area contributed by atoms with Gasteiger partial charge in [0.25, 0.3) is 0 Å². The Hall–Kier alpha value is -2.89. The van der Waals surface area contributed by atoms with Gasteiger partial charge in [-0.15, -0.1) is 0 Å². The van der Waals surface area contributed by atoms with Crippen LogP contribution in [-0.4, -0.2) is 32.1 Å². The molecule has 0 saturated carbocycles. The fourth-order valence-corrected chi connectivity index (χ4v) is 1.49. The van der Waals surface area contributed by atoms with E-state index < -0.39 is 11.9 Å². The number of nitrogens with zero attached hydrogens (tertiary/aromatic N) is 1. The zero-order chi connectivity index (χ0) is 15.1. The molecule has 6 nitrogen and oxygen atoms in total. The summed E-state index contributed by atoms with van der Waals surface area (Å²) in [4.78, 5) is 27.9. The normalized spacial score (nSPS) is 9.25. The van der Waals surface area contributed by atoms with Gasteiger partial charge in [-0.1, -0.05) is 12.6 Å². The van der Waals surface area contributed by atoms with Gasteiger partial charge in [0.15, 0.2) is 0 Å². The number of imidazole rings is 1. The lowest BCUT2D eigenvalue weighted by Gasteiger charge is -2.03. The molecular weight excluding hydrogens is 260 g/mol. The molecule has 1 aromatic heterocycles. The van der Waals surface area contributed by atoms with Gasteiger partial charge in [0.05, 0.1) is 11.1 Å². The lowest BCUT2D eigenvalue weighted by Crippen LogP contribution is -2.06. The van der Waals surface area contributed by atoms with E-state index in [1.54, 1.807) is 18.5 Å². The van der Waals surface area contributed by atoms with Gasteiger partial charge in [-0.3, -0.25) is 0 Å². The summed E-state index contributed by atoms with van der Waals surface area (Å²) in [5.74, 6) is -1.40. The van der Waals surface area contributed by atoms with E-state index >= 15 is 0 Å². The van der Waals surface area contributed by atoms with E-state index in [2.05, 4.69) is 16.5 Å². The highest BCUT2D eigenvalue weighted by atomic mass is 16.4. The molecule has 0 fully saturated rings. The minimum Gasteiger partial charge on any atom is -0.478 e. The number of carbonyl (C=O) groups is 2. The third-order valence-electron chi connectivity index (χ3n) is 2.51. The van der Waals surface area contributed by atoms with E-state index in [9.17, 15) is 9.59 Å². The number of carboxylic acid groups (broad SMARTS) is 2. The van der Waals surface area contributed by atoms with E-state index in [4.69, 9.17) is 10.2 Å². The van der Waals surface area contributed by atoms with Gasteiger partial charge in [-0.05, 0) is 30.7 Å². The second-order valence-corrected chi connectivity index (χ2v) is 3.77. The molecule has 0 amide bonds. The van der Waals surface area contributed by atoms with Crippen LogP contribution in [0.15, 0.2) is 37.2 Å². The fourth-order valence-electron chi connectivity index (χ4n) is 1.49. The van der Waals surface area contributed by atoms with Gasteiger partial charge in [-0.2, -0.15) is 0 Å². The number of H-pyrrole nitrogens is 1. The SMILES string of the molecule is C=Cc1ncc[nH]1.Cc1c(C(=O)O)cccc1C(=O)O. The number of rotatable bonds is 3. The van der Waals surface area contributed by atoms with Crippen LogP contribution in [0, 0.1) is 6.92 Å². The number of nitrogens with one attached hydrogen (secondary N) is 1. The van der Waals surface area contributed by atoms with Crippen molar-refractivity contribution in [2.24, 2.45) is 0 Å². The molecule has 0 atom stereocenters. The van der Waals surface area contributed by atoms with Crippen LogP contribution < -0.4 is 0 Å². The van der Waals surface area contributed by atoms with Crippen LogP contribution in [0.25, 0.3) is 6.08 Å². The minimum absolute atomic E-state index is 0.0277. The first-order valence-corrected chi connectivity index (χ1v) is 5.65. The third kappa shape index (κ3) is 3.81. The smallest absolute Gasteiger partial charge is 0.335 e. The number of benzene rings is 1. The van der Waals surface area contributed by atoms with Gasteiger partial charge in [-0.25, -0.2) is 14.6 Å².